The highest BCUT2D eigenvalue weighted by molar-refractivity contribution is 5.85. The lowest BCUT2D eigenvalue weighted by molar-refractivity contribution is -0.384. The van der Waals surface area contributed by atoms with E-state index in [1.807, 2.05) is 11.8 Å². The molecule has 0 radical (unpaired) electrons. The Balaban J connectivity index is 2.34. The number of nitro groups is 1. The fourth-order valence-corrected chi connectivity index (χ4v) is 2.21. The van der Waals surface area contributed by atoms with Crippen molar-refractivity contribution in [1.29, 1.82) is 0 Å². The molecule has 2 rings (SSSR count). The number of nitrogens with zero attached hydrogens (tertiary/aromatic N) is 2. The molecule has 0 unspecified atom stereocenters. The molecule has 6 heteroatoms. The lowest BCUT2D eigenvalue weighted by Crippen LogP contribution is -2.28. The monoisotopic (exact) mass is 288 g/mol. The van der Waals surface area contributed by atoms with Crippen LogP contribution >= 0.6 is 0 Å². The molecule has 0 atom stereocenters. The second-order valence-electron chi connectivity index (χ2n) is 4.92. The minimum atomic E-state index is -1.08. The van der Waals surface area contributed by atoms with E-state index in [9.17, 15) is 14.9 Å². The Morgan fingerprint density at radius 1 is 1.48 bits per heavy atom. The van der Waals surface area contributed by atoms with Gasteiger partial charge in [-0.1, -0.05) is 17.7 Å². The number of benzene rings is 1. The molecule has 21 heavy (non-hydrogen) atoms. The Kier molecular flexibility index (Phi) is 4.37. The Hall–Kier alpha value is -2.63. The SMILES string of the molecule is CC1=CCN(c2ccc(/C=C/C(=O)O)cc2[N+](=O)[O-])CC1. The predicted octanol–water partition coefficient (Wildman–Crippen LogP) is 2.85. The van der Waals surface area contributed by atoms with Crippen LogP contribution < -0.4 is 4.90 Å². The van der Waals surface area contributed by atoms with Crippen LogP contribution in [0.3, 0.4) is 0 Å². The summed E-state index contributed by atoms with van der Waals surface area (Å²) in [5.41, 5.74) is 2.35. The van der Waals surface area contributed by atoms with E-state index in [2.05, 4.69) is 6.08 Å². The van der Waals surface area contributed by atoms with Gasteiger partial charge in [-0.25, -0.2) is 4.79 Å². The number of hydrogen-bond donors (Lipinski definition) is 1. The van der Waals surface area contributed by atoms with Gasteiger partial charge in [-0.05, 0) is 31.1 Å². The van der Waals surface area contributed by atoms with Crippen LogP contribution in [0.4, 0.5) is 11.4 Å². The van der Waals surface area contributed by atoms with Crippen molar-refractivity contribution in [1.82, 2.24) is 0 Å². The molecule has 0 fully saturated rings. The number of anilines is 1. The molecule has 6 nitrogen and oxygen atoms in total. The minimum Gasteiger partial charge on any atom is -0.478 e. The lowest BCUT2D eigenvalue weighted by atomic mass is 10.1. The summed E-state index contributed by atoms with van der Waals surface area (Å²) in [4.78, 5) is 23.3. The third-order valence-corrected chi connectivity index (χ3v) is 3.39. The first-order valence-electron chi connectivity index (χ1n) is 6.57. The molecule has 0 saturated carbocycles. The summed E-state index contributed by atoms with van der Waals surface area (Å²) in [6.07, 6.45) is 5.26. The van der Waals surface area contributed by atoms with Gasteiger partial charge in [0.25, 0.3) is 5.69 Å². The van der Waals surface area contributed by atoms with Crippen LogP contribution in [0.15, 0.2) is 35.9 Å². The molecule has 1 aromatic carbocycles. The van der Waals surface area contributed by atoms with Crippen molar-refractivity contribution in [3.63, 3.8) is 0 Å². The summed E-state index contributed by atoms with van der Waals surface area (Å²) in [5.74, 6) is -1.08. The van der Waals surface area contributed by atoms with Crippen LogP contribution in [-0.2, 0) is 4.79 Å². The van der Waals surface area contributed by atoms with Crippen LogP contribution in [0.1, 0.15) is 18.9 Å². The van der Waals surface area contributed by atoms with E-state index in [0.29, 0.717) is 17.8 Å². The van der Waals surface area contributed by atoms with E-state index in [1.165, 1.54) is 17.7 Å². The smallest absolute Gasteiger partial charge is 0.328 e. The lowest BCUT2D eigenvalue weighted by Gasteiger charge is -2.27. The van der Waals surface area contributed by atoms with Gasteiger partial charge in [-0.3, -0.25) is 10.1 Å². The molecule has 0 saturated heterocycles. The van der Waals surface area contributed by atoms with Crippen molar-refractivity contribution in [3.05, 3.63) is 51.6 Å². The fourth-order valence-electron chi connectivity index (χ4n) is 2.21. The molecule has 110 valence electrons. The number of hydrogen-bond acceptors (Lipinski definition) is 4. The van der Waals surface area contributed by atoms with Gasteiger partial charge >= 0.3 is 5.97 Å². The molecule has 0 amide bonds. The summed E-state index contributed by atoms with van der Waals surface area (Å²) in [6, 6.07) is 4.76. The quantitative estimate of drug-likeness (QED) is 0.398. The first kappa shape index (κ1) is 14.8. The molecule has 1 aliphatic rings. The van der Waals surface area contributed by atoms with Gasteiger partial charge in [0.15, 0.2) is 0 Å². The van der Waals surface area contributed by atoms with E-state index in [4.69, 9.17) is 5.11 Å². The third kappa shape index (κ3) is 3.68. The van der Waals surface area contributed by atoms with Crippen molar-refractivity contribution < 1.29 is 14.8 Å². The first-order valence-corrected chi connectivity index (χ1v) is 6.57. The second-order valence-corrected chi connectivity index (χ2v) is 4.92. The van der Waals surface area contributed by atoms with Gasteiger partial charge in [0.2, 0.25) is 0 Å². The van der Waals surface area contributed by atoms with Crippen LogP contribution in [-0.4, -0.2) is 29.1 Å². The average Bonchev–Trinajstić information content (AvgIpc) is 2.45. The Morgan fingerprint density at radius 3 is 2.81 bits per heavy atom. The first-order chi connectivity index (χ1) is 9.97. The maximum atomic E-state index is 11.2. The molecule has 1 heterocycles. The van der Waals surface area contributed by atoms with Crippen molar-refractivity contribution in [2.24, 2.45) is 0 Å². The van der Waals surface area contributed by atoms with Gasteiger partial charge in [-0.15, -0.1) is 0 Å². The zero-order valence-corrected chi connectivity index (χ0v) is 11.7. The standard InChI is InChI=1S/C15H16N2O4/c1-11-6-8-16(9-7-11)13-4-2-12(3-5-15(18)19)10-14(13)17(20)21/h2-6,10H,7-9H2,1H3,(H,18,19)/b5-3+. The average molecular weight is 288 g/mol. The van der Waals surface area contributed by atoms with Crippen molar-refractivity contribution in [2.45, 2.75) is 13.3 Å². The van der Waals surface area contributed by atoms with Crippen LogP contribution in [0, 0.1) is 10.1 Å². The van der Waals surface area contributed by atoms with E-state index >= 15 is 0 Å². The van der Waals surface area contributed by atoms with Crippen LogP contribution in [0.2, 0.25) is 0 Å². The van der Waals surface area contributed by atoms with Crippen molar-refractivity contribution >= 4 is 23.4 Å². The van der Waals surface area contributed by atoms with E-state index < -0.39 is 10.9 Å². The highest BCUT2D eigenvalue weighted by atomic mass is 16.6. The maximum absolute atomic E-state index is 11.2. The summed E-state index contributed by atoms with van der Waals surface area (Å²) < 4.78 is 0. The third-order valence-electron chi connectivity index (χ3n) is 3.39. The fraction of sp³-hybridized carbons (Fsp3) is 0.267. The van der Waals surface area contributed by atoms with Crippen molar-refractivity contribution in [3.8, 4) is 0 Å². The Labute approximate surface area is 122 Å². The zero-order chi connectivity index (χ0) is 15.4. The van der Waals surface area contributed by atoms with Gasteiger partial charge < -0.3 is 10.0 Å². The van der Waals surface area contributed by atoms with E-state index in [0.717, 1.165) is 19.0 Å². The molecule has 0 bridgehead atoms. The molecular formula is C15H16N2O4. The Bertz CT molecular complexity index is 635. The second kappa shape index (κ2) is 6.21. The number of carboxylic acid groups (broad SMARTS) is 1. The molecule has 1 aromatic rings. The summed E-state index contributed by atoms with van der Waals surface area (Å²) in [6.45, 7) is 3.44. The van der Waals surface area contributed by atoms with Crippen LogP contribution in [0.5, 0.6) is 0 Å². The van der Waals surface area contributed by atoms with E-state index in [-0.39, 0.29) is 5.69 Å². The largest absolute Gasteiger partial charge is 0.478 e. The number of carboxylic acids is 1. The summed E-state index contributed by atoms with van der Waals surface area (Å²) in [5, 5.41) is 19.8. The van der Waals surface area contributed by atoms with Gasteiger partial charge in [0.05, 0.1) is 4.92 Å². The van der Waals surface area contributed by atoms with Gasteiger partial charge in [0.1, 0.15) is 5.69 Å². The Morgan fingerprint density at radius 2 is 2.24 bits per heavy atom. The minimum absolute atomic E-state index is 0.00417. The summed E-state index contributed by atoms with van der Waals surface area (Å²) in [7, 11) is 0. The molecule has 1 aliphatic heterocycles. The predicted molar refractivity (Wildman–Crippen MR) is 80.4 cm³/mol. The van der Waals surface area contributed by atoms with Crippen LogP contribution in [0.25, 0.3) is 6.08 Å². The highest BCUT2D eigenvalue weighted by Gasteiger charge is 2.20. The highest BCUT2D eigenvalue weighted by Crippen LogP contribution is 2.31. The molecule has 0 spiro atoms. The molecule has 0 aromatic heterocycles. The van der Waals surface area contributed by atoms with E-state index in [1.54, 1.807) is 12.1 Å². The maximum Gasteiger partial charge on any atom is 0.328 e. The number of aliphatic carboxylic acids is 1. The topological polar surface area (TPSA) is 83.7 Å². The van der Waals surface area contributed by atoms with Gasteiger partial charge in [0, 0.05) is 25.2 Å². The molecule has 1 N–H and O–H groups in total. The number of nitro benzene ring substituents is 1. The molecule has 0 aliphatic carbocycles. The molecular weight excluding hydrogens is 272 g/mol. The normalized spacial score (nSPS) is 15.1. The van der Waals surface area contributed by atoms with Crippen molar-refractivity contribution in [2.75, 3.05) is 18.0 Å². The zero-order valence-electron chi connectivity index (χ0n) is 11.7. The summed E-state index contributed by atoms with van der Waals surface area (Å²) >= 11 is 0. The number of carbonyl (C=O) groups is 1. The number of rotatable bonds is 4. The van der Waals surface area contributed by atoms with Gasteiger partial charge in [-0.2, -0.15) is 0 Å².